The molecule has 2 nitrogen and oxygen atoms in total. The Morgan fingerprint density at radius 2 is 2.18 bits per heavy atom. The van der Waals surface area contributed by atoms with Crippen LogP contribution in [0.3, 0.4) is 0 Å². The minimum atomic E-state index is 0.294. The zero-order chi connectivity index (χ0) is 11.8. The normalized spacial score (nSPS) is 29.4. The molecule has 3 rings (SSSR count). The van der Waals surface area contributed by atoms with Crippen LogP contribution in [0.15, 0.2) is 17.5 Å². The van der Waals surface area contributed by atoms with Crippen molar-refractivity contribution in [1.82, 2.24) is 4.90 Å². The van der Waals surface area contributed by atoms with Crippen LogP contribution in [0, 0.1) is 11.8 Å². The minimum absolute atomic E-state index is 0.294. The molecule has 1 amide bonds. The van der Waals surface area contributed by atoms with Crippen molar-refractivity contribution in [2.45, 2.75) is 32.1 Å². The summed E-state index contributed by atoms with van der Waals surface area (Å²) in [6.07, 6.45) is 3.44. The van der Waals surface area contributed by atoms with Crippen molar-refractivity contribution in [1.29, 1.82) is 0 Å². The second-order valence-electron chi connectivity index (χ2n) is 5.47. The van der Waals surface area contributed by atoms with Gasteiger partial charge in [-0.15, -0.1) is 11.3 Å². The lowest BCUT2D eigenvalue weighted by atomic mass is 9.99. The van der Waals surface area contributed by atoms with E-state index in [9.17, 15) is 4.79 Å². The van der Waals surface area contributed by atoms with Crippen molar-refractivity contribution in [3.63, 3.8) is 0 Å². The number of nitrogens with zero attached hydrogens (tertiary/aromatic N) is 1. The fraction of sp³-hybridized carbons (Fsp3) is 0.643. The first-order valence-corrected chi connectivity index (χ1v) is 7.46. The first-order valence-electron chi connectivity index (χ1n) is 6.58. The van der Waals surface area contributed by atoms with Gasteiger partial charge in [0.05, 0.1) is 0 Å². The largest absolute Gasteiger partial charge is 0.342 e. The van der Waals surface area contributed by atoms with Gasteiger partial charge in [-0.25, -0.2) is 0 Å². The van der Waals surface area contributed by atoms with Crippen molar-refractivity contribution in [3.05, 3.63) is 22.4 Å². The van der Waals surface area contributed by atoms with Crippen LogP contribution in [-0.4, -0.2) is 23.9 Å². The number of piperidine rings is 1. The van der Waals surface area contributed by atoms with E-state index in [1.54, 1.807) is 11.3 Å². The fourth-order valence-corrected chi connectivity index (χ4v) is 3.65. The van der Waals surface area contributed by atoms with Crippen molar-refractivity contribution in [3.8, 4) is 0 Å². The predicted molar refractivity (Wildman–Crippen MR) is 70.1 cm³/mol. The van der Waals surface area contributed by atoms with E-state index in [-0.39, 0.29) is 0 Å². The molecule has 0 spiro atoms. The van der Waals surface area contributed by atoms with Crippen LogP contribution < -0.4 is 0 Å². The number of hydrogen-bond donors (Lipinski definition) is 0. The molecule has 3 heteroatoms. The molecular weight excluding hydrogens is 230 g/mol. The van der Waals surface area contributed by atoms with Crippen molar-refractivity contribution >= 4 is 17.2 Å². The van der Waals surface area contributed by atoms with Gasteiger partial charge in [-0.05, 0) is 36.6 Å². The summed E-state index contributed by atoms with van der Waals surface area (Å²) in [5.74, 6) is 2.03. The standard InChI is InChI=1S/C14H19NOS/c1-10-4-6-15(7-5-10)14(16)12-9-11(12)13-3-2-8-17-13/h2-3,8,10-12H,4-7,9H2,1H3. The van der Waals surface area contributed by atoms with E-state index >= 15 is 0 Å². The summed E-state index contributed by atoms with van der Waals surface area (Å²) in [5.41, 5.74) is 0. The molecule has 2 atom stereocenters. The predicted octanol–water partition coefficient (Wildman–Crippen LogP) is 3.11. The van der Waals surface area contributed by atoms with E-state index < -0.39 is 0 Å². The van der Waals surface area contributed by atoms with Crippen LogP contribution in [0.5, 0.6) is 0 Å². The summed E-state index contributed by atoms with van der Waals surface area (Å²) in [4.78, 5) is 15.8. The highest BCUT2D eigenvalue weighted by molar-refractivity contribution is 7.10. The second-order valence-corrected chi connectivity index (χ2v) is 6.45. The molecule has 1 aromatic rings. The molecule has 2 fully saturated rings. The number of thiophene rings is 1. The molecule has 92 valence electrons. The fourth-order valence-electron chi connectivity index (χ4n) is 2.75. The lowest BCUT2D eigenvalue weighted by Gasteiger charge is -2.30. The Hall–Kier alpha value is -0.830. The first-order chi connectivity index (χ1) is 8.25. The quantitative estimate of drug-likeness (QED) is 0.788. The SMILES string of the molecule is CC1CCN(C(=O)C2CC2c2cccs2)CC1. The molecule has 1 aliphatic carbocycles. The number of amides is 1. The van der Waals surface area contributed by atoms with Gasteiger partial charge in [0.1, 0.15) is 0 Å². The Kier molecular flexibility index (Phi) is 2.95. The maximum Gasteiger partial charge on any atom is 0.226 e. The number of rotatable bonds is 2. The molecule has 0 aromatic carbocycles. The summed E-state index contributed by atoms with van der Waals surface area (Å²) in [7, 11) is 0. The van der Waals surface area contributed by atoms with Gasteiger partial charge in [-0.2, -0.15) is 0 Å². The number of hydrogen-bond acceptors (Lipinski definition) is 2. The van der Waals surface area contributed by atoms with Gasteiger partial charge >= 0.3 is 0 Å². The Balaban J connectivity index is 1.58. The van der Waals surface area contributed by atoms with Gasteiger partial charge < -0.3 is 4.90 Å². The smallest absolute Gasteiger partial charge is 0.226 e. The maximum atomic E-state index is 12.3. The second kappa shape index (κ2) is 4.45. The molecule has 1 aromatic heterocycles. The summed E-state index contributed by atoms with van der Waals surface area (Å²) < 4.78 is 0. The topological polar surface area (TPSA) is 20.3 Å². The molecule has 1 saturated heterocycles. The zero-order valence-electron chi connectivity index (χ0n) is 10.3. The lowest BCUT2D eigenvalue weighted by Crippen LogP contribution is -2.39. The van der Waals surface area contributed by atoms with E-state index in [1.165, 1.54) is 17.7 Å². The van der Waals surface area contributed by atoms with Gasteiger partial charge in [0.25, 0.3) is 0 Å². The van der Waals surface area contributed by atoms with Crippen LogP contribution in [0.2, 0.25) is 0 Å². The Morgan fingerprint density at radius 1 is 1.41 bits per heavy atom. The lowest BCUT2D eigenvalue weighted by molar-refractivity contribution is -0.134. The molecule has 0 radical (unpaired) electrons. The van der Waals surface area contributed by atoms with Gasteiger partial charge in [0.15, 0.2) is 0 Å². The highest BCUT2D eigenvalue weighted by Gasteiger charge is 2.46. The van der Waals surface area contributed by atoms with Crippen molar-refractivity contribution < 1.29 is 4.79 Å². The molecule has 2 aliphatic rings. The molecule has 17 heavy (non-hydrogen) atoms. The summed E-state index contributed by atoms with van der Waals surface area (Å²) in [6.45, 7) is 4.24. The van der Waals surface area contributed by atoms with Gasteiger partial charge in [0, 0.05) is 29.8 Å². The zero-order valence-corrected chi connectivity index (χ0v) is 11.1. The van der Waals surface area contributed by atoms with Crippen LogP contribution in [0.1, 0.15) is 37.0 Å². The molecule has 0 N–H and O–H groups in total. The highest BCUT2D eigenvalue weighted by Crippen LogP contribution is 2.50. The van der Waals surface area contributed by atoms with Gasteiger partial charge in [-0.1, -0.05) is 13.0 Å². The number of likely N-dealkylation sites (tertiary alicyclic amines) is 1. The van der Waals surface area contributed by atoms with Crippen molar-refractivity contribution in [2.75, 3.05) is 13.1 Å². The van der Waals surface area contributed by atoms with Crippen LogP contribution >= 0.6 is 11.3 Å². The highest BCUT2D eigenvalue weighted by atomic mass is 32.1. The monoisotopic (exact) mass is 249 g/mol. The van der Waals surface area contributed by atoms with E-state index in [0.29, 0.717) is 17.7 Å². The van der Waals surface area contributed by atoms with E-state index in [4.69, 9.17) is 0 Å². The molecule has 1 saturated carbocycles. The third kappa shape index (κ3) is 2.25. The molecular formula is C14H19NOS. The maximum absolute atomic E-state index is 12.3. The first kappa shape index (κ1) is 11.3. The molecule has 1 aliphatic heterocycles. The van der Waals surface area contributed by atoms with Gasteiger partial charge in [0.2, 0.25) is 5.91 Å². The van der Waals surface area contributed by atoms with Crippen LogP contribution in [0.4, 0.5) is 0 Å². The van der Waals surface area contributed by atoms with Gasteiger partial charge in [-0.3, -0.25) is 4.79 Å². The van der Waals surface area contributed by atoms with Crippen LogP contribution in [-0.2, 0) is 4.79 Å². The van der Waals surface area contributed by atoms with E-state index in [2.05, 4.69) is 29.3 Å². The Morgan fingerprint density at radius 3 is 2.82 bits per heavy atom. The Bertz CT molecular complexity index is 392. The summed E-state index contributed by atoms with van der Waals surface area (Å²) in [6, 6.07) is 4.25. The van der Waals surface area contributed by atoms with E-state index in [0.717, 1.165) is 25.4 Å². The summed E-state index contributed by atoms with van der Waals surface area (Å²) in [5, 5.41) is 2.11. The Labute approximate surface area is 107 Å². The number of carbonyl (C=O) groups excluding carboxylic acids is 1. The summed E-state index contributed by atoms with van der Waals surface area (Å²) >= 11 is 1.79. The van der Waals surface area contributed by atoms with Crippen molar-refractivity contribution in [2.24, 2.45) is 11.8 Å². The average Bonchev–Trinajstić information content (AvgIpc) is 2.95. The molecule has 2 heterocycles. The molecule has 2 unspecified atom stereocenters. The average molecular weight is 249 g/mol. The third-order valence-electron chi connectivity index (χ3n) is 4.11. The minimum Gasteiger partial charge on any atom is -0.342 e. The van der Waals surface area contributed by atoms with Crippen LogP contribution in [0.25, 0.3) is 0 Å². The molecule has 0 bridgehead atoms. The third-order valence-corrected chi connectivity index (χ3v) is 5.12. The number of carbonyl (C=O) groups is 1. The van der Waals surface area contributed by atoms with E-state index in [1.807, 2.05) is 0 Å².